The van der Waals surface area contributed by atoms with Crippen molar-refractivity contribution >= 4 is 16.3 Å². The van der Waals surface area contributed by atoms with E-state index in [-0.39, 0.29) is 5.00 Å². The largest absolute Gasteiger partial charge is 0.324 e. The van der Waals surface area contributed by atoms with E-state index in [2.05, 4.69) is 24.0 Å². The molecule has 0 aliphatic carbocycles. The molecule has 8 heteroatoms. The van der Waals surface area contributed by atoms with E-state index in [9.17, 15) is 10.1 Å². The molecule has 0 spiro atoms. The van der Waals surface area contributed by atoms with Crippen molar-refractivity contribution in [3.8, 4) is 10.7 Å². The second-order valence-electron chi connectivity index (χ2n) is 4.54. The van der Waals surface area contributed by atoms with Crippen LogP contribution in [0.4, 0.5) is 5.00 Å². The Balaban J connectivity index is 2.42. The first-order chi connectivity index (χ1) is 9.02. The maximum Gasteiger partial charge on any atom is 0.324 e. The Hall–Kier alpha value is -1.80. The van der Waals surface area contributed by atoms with Crippen molar-refractivity contribution < 1.29 is 4.92 Å². The lowest BCUT2D eigenvalue weighted by Gasteiger charge is -2.10. The van der Waals surface area contributed by atoms with Gasteiger partial charge >= 0.3 is 5.00 Å². The third kappa shape index (κ3) is 2.79. The number of thiophene rings is 1. The molecule has 7 nitrogen and oxygen atoms in total. The molecule has 19 heavy (non-hydrogen) atoms. The molecule has 2 aromatic rings. The van der Waals surface area contributed by atoms with E-state index in [4.69, 9.17) is 5.73 Å². The first-order valence-electron chi connectivity index (χ1n) is 5.89. The summed E-state index contributed by atoms with van der Waals surface area (Å²) in [6.07, 6.45) is 0. The molecule has 2 rings (SSSR count). The average molecular weight is 281 g/mol. The van der Waals surface area contributed by atoms with Crippen molar-refractivity contribution in [3.63, 3.8) is 0 Å². The van der Waals surface area contributed by atoms with Gasteiger partial charge in [-0.2, -0.15) is 0 Å². The third-order valence-electron chi connectivity index (χ3n) is 2.55. The van der Waals surface area contributed by atoms with Gasteiger partial charge in [0.15, 0.2) is 5.82 Å². The minimum atomic E-state index is -0.402. The van der Waals surface area contributed by atoms with Gasteiger partial charge in [0.1, 0.15) is 5.82 Å². The Labute approximate surface area is 114 Å². The quantitative estimate of drug-likeness (QED) is 0.667. The van der Waals surface area contributed by atoms with Crippen molar-refractivity contribution in [3.05, 3.63) is 28.1 Å². The van der Waals surface area contributed by atoms with Gasteiger partial charge in [0, 0.05) is 12.6 Å². The molecule has 0 atom stereocenters. The third-order valence-corrected chi connectivity index (χ3v) is 3.58. The summed E-state index contributed by atoms with van der Waals surface area (Å²) in [5.41, 5.74) is 5.64. The number of hydrogen-bond acceptors (Lipinski definition) is 6. The Morgan fingerprint density at radius 3 is 2.74 bits per heavy atom. The molecule has 2 aromatic heterocycles. The molecule has 0 unspecified atom stereocenters. The minimum absolute atomic E-state index is 0.100. The van der Waals surface area contributed by atoms with Crippen LogP contribution in [0, 0.1) is 16.0 Å². The SMILES string of the molecule is CC(C)Cn1c(CN)nnc1-c1ccc([N+](=O)[O-])s1. The van der Waals surface area contributed by atoms with Crippen molar-refractivity contribution in [2.45, 2.75) is 26.9 Å². The zero-order valence-electron chi connectivity index (χ0n) is 10.7. The van der Waals surface area contributed by atoms with E-state index in [1.807, 2.05) is 4.57 Å². The molecule has 0 radical (unpaired) electrons. The normalized spacial score (nSPS) is 11.2. The van der Waals surface area contributed by atoms with Gasteiger partial charge in [0.2, 0.25) is 0 Å². The number of nitrogens with two attached hydrogens (primary N) is 1. The van der Waals surface area contributed by atoms with Crippen LogP contribution in [0.2, 0.25) is 0 Å². The highest BCUT2D eigenvalue weighted by atomic mass is 32.1. The topological polar surface area (TPSA) is 99.9 Å². The molecule has 0 saturated carbocycles. The van der Waals surface area contributed by atoms with Gasteiger partial charge in [-0.15, -0.1) is 10.2 Å². The highest BCUT2D eigenvalue weighted by Crippen LogP contribution is 2.32. The Morgan fingerprint density at radius 2 is 2.21 bits per heavy atom. The molecule has 0 bridgehead atoms. The van der Waals surface area contributed by atoms with E-state index < -0.39 is 4.92 Å². The lowest BCUT2D eigenvalue weighted by atomic mass is 10.2. The molecule has 0 amide bonds. The summed E-state index contributed by atoms with van der Waals surface area (Å²) in [4.78, 5) is 11.1. The van der Waals surface area contributed by atoms with Gasteiger partial charge in [-0.1, -0.05) is 25.2 Å². The van der Waals surface area contributed by atoms with Crippen LogP contribution in [-0.2, 0) is 13.1 Å². The maximum atomic E-state index is 10.7. The van der Waals surface area contributed by atoms with Gasteiger partial charge in [0.25, 0.3) is 0 Å². The van der Waals surface area contributed by atoms with E-state index >= 15 is 0 Å². The van der Waals surface area contributed by atoms with E-state index in [1.54, 1.807) is 6.07 Å². The standard InChI is InChI=1S/C11H15N5O2S/c1-7(2)6-15-9(5-12)13-14-11(15)8-3-4-10(19-8)16(17)18/h3-4,7H,5-6,12H2,1-2H3. The van der Waals surface area contributed by atoms with Crippen LogP contribution in [0.15, 0.2) is 12.1 Å². The van der Waals surface area contributed by atoms with E-state index in [0.717, 1.165) is 22.8 Å². The summed E-state index contributed by atoms with van der Waals surface area (Å²) >= 11 is 1.10. The number of nitro groups is 1. The molecule has 0 aromatic carbocycles. The molecule has 0 saturated heterocycles. The predicted octanol–water partition coefficient (Wildman–Crippen LogP) is 2.03. The number of nitrogens with zero attached hydrogens (tertiary/aromatic N) is 4. The second kappa shape index (κ2) is 5.45. The summed E-state index contributed by atoms with van der Waals surface area (Å²) in [7, 11) is 0. The van der Waals surface area contributed by atoms with Gasteiger partial charge < -0.3 is 10.3 Å². The minimum Gasteiger partial charge on any atom is -0.324 e. The summed E-state index contributed by atoms with van der Waals surface area (Å²) in [6, 6.07) is 3.18. The maximum absolute atomic E-state index is 10.7. The summed E-state index contributed by atoms with van der Waals surface area (Å²) in [5, 5.41) is 19.0. The summed E-state index contributed by atoms with van der Waals surface area (Å²) in [6.45, 7) is 5.20. The van der Waals surface area contributed by atoms with Gasteiger partial charge in [-0.25, -0.2) is 0 Å². The van der Waals surface area contributed by atoms with Crippen LogP contribution in [0.5, 0.6) is 0 Å². The molecule has 2 heterocycles. The van der Waals surface area contributed by atoms with Crippen LogP contribution >= 0.6 is 11.3 Å². The summed E-state index contributed by atoms with van der Waals surface area (Å²) in [5.74, 6) is 1.75. The van der Waals surface area contributed by atoms with Gasteiger partial charge in [-0.3, -0.25) is 10.1 Å². The number of rotatable bonds is 5. The van der Waals surface area contributed by atoms with Crippen LogP contribution in [0.1, 0.15) is 19.7 Å². The fraction of sp³-hybridized carbons (Fsp3) is 0.455. The molecular weight excluding hydrogens is 266 g/mol. The smallest absolute Gasteiger partial charge is 0.324 e. The zero-order valence-corrected chi connectivity index (χ0v) is 11.6. The van der Waals surface area contributed by atoms with E-state index in [0.29, 0.717) is 24.1 Å². The summed E-state index contributed by atoms with van der Waals surface area (Å²) < 4.78 is 1.93. The van der Waals surface area contributed by atoms with E-state index in [1.165, 1.54) is 6.07 Å². The number of aromatic nitrogens is 3. The molecule has 0 aliphatic rings. The van der Waals surface area contributed by atoms with Crippen molar-refractivity contribution in [1.29, 1.82) is 0 Å². The zero-order chi connectivity index (χ0) is 14.0. The number of hydrogen-bond donors (Lipinski definition) is 1. The van der Waals surface area contributed by atoms with Crippen molar-refractivity contribution in [1.82, 2.24) is 14.8 Å². The molecule has 0 fully saturated rings. The Morgan fingerprint density at radius 1 is 1.47 bits per heavy atom. The fourth-order valence-electron chi connectivity index (χ4n) is 1.77. The van der Waals surface area contributed by atoms with Gasteiger partial charge in [-0.05, 0) is 12.0 Å². The van der Waals surface area contributed by atoms with Crippen molar-refractivity contribution in [2.75, 3.05) is 0 Å². The molecular formula is C11H15N5O2S. The highest BCUT2D eigenvalue weighted by Gasteiger charge is 2.18. The Kier molecular flexibility index (Phi) is 3.91. The lowest BCUT2D eigenvalue weighted by Crippen LogP contribution is -2.12. The predicted molar refractivity (Wildman–Crippen MR) is 72.7 cm³/mol. The fourth-order valence-corrected chi connectivity index (χ4v) is 2.59. The average Bonchev–Trinajstić information content (AvgIpc) is 2.94. The highest BCUT2D eigenvalue weighted by molar-refractivity contribution is 7.18. The molecule has 0 aliphatic heterocycles. The van der Waals surface area contributed by atoms with Crippen LogP contribution in [0.25, 0.3) is 10.7 Å². The first kappa shape index (κ1) is 13.6. The van der Waals surface area contributed by atoms with Crippen LogP contribution < -0.4 is 5.73 Å². The monoisotopic (exact) mass is 281 g/mol. The second-order valence-corrected chi connectivity index (χ2v) is 5.61. The Bertz CT molecular complexity index is 590. The van der Waals surface area contributed by atoms with Crippen LogP contribution in [-0.4, -0.2) is 19.7 Å². The van der Waals surface area contributed by atoms with Crippen LogP contribution in [0.3, 0.4) is 0 Å². The molecule has 102 valence electrons. The van der Waals surface area contributed by atoms with Crippen molar-refractivity contribution in [2.24, 2.45) is 11.7 Å². The lowest BCUT2D eigenvalue weighted by molar-refractivity contribution is -0.380. The first-order valence-corrected chi connectivity index (χ1v) is 6.71. The molecule has 2 N–H and O–H groups in total. The van der Waals surface area contributed by atoms with Gasteiger partial charge in [0.05, 0.1) is 16.3 Å².